The van der Waals surface area contributed by atoms with E-state index in [-0.39, 0.29) is 0 Å². The summed E-state index contributed by atoms with van der Waals surface area (Å²) < 4.78 is 3.80. The zero-order valence-electron chi connectivity index (χ0n) is 11.7. The maximum atomic E-state index is 11.5. The summed E-state index contributed by atoms with van der Waals surface area (Å²) in [6.45, 7) is 5.68. The summed E-state index contributed by atoms with van der Waals surface area (Å²) >= 11 is 0.534. The molecule has 0 aliphatic heterocycles. The largest absolute Gasteiger partial charge is 0.497 e. The molecular weight excluding hydrogens is 278 g/mol. The number of carbonyl (C=O) groups excluding carboxylic acids is 2. The highest BCUT2D eigenvalue weighted by Crippen LogP contribution is 2.35. The number of carboxylic acid groups (broad SMARTS) is 1. The molecule has 0 saturated heterocycles. The van der Waals surface area contributed by atoms with Crippen molar-refractivity contribution in [1.82, 2.24) is 3.89 Å². The molecule has 0 aliphatic carbocycles. The second kappa shape index (κ2) is 6.58. The zero-order chi connectivity index (χ0) is 15.3. The van der Waals surface area contributed by atoms with Gasteiger partial charge in [-0.05, 0) is 13.3 Å². The predicted molar refractivity (Wildman–Crippen MR) is 78.1 cm³/mol. The van der Waals surface area contributed by atoms with Crippen molar-refractivity contribution in [3.05, 3.63) is 42.0 Å². The fourth-order valence-electron chi connectivity index (χ4n) is 1.77. The van der Waals surface area contributed by atoms with Gasteiger partial charge >= 0.3 is 5.30 Å². The molecule has 0 saturated carbocycles. The first-order valence-corrected chi connectivity index (χ1v) is 6.67. The summed E-state index contributed by atoms with van der Waals surface area (Å²) in [6.07, 6.45) is -0.867. The minimum absolute atomic E-state index is 0.464. The lowest BCUT2D eigenvalue weighted by Crippen LogP contribution is -2.53. The molecule has 0 fully saturated rings. The van der Waals surface area contributed by atoms with Crippen molar-refractivity contribution >= 4 is 29.0 Å². The van der Waals surface area contributed by atoms with Crippen LogP contribution in [-0.4, -0.2) is 25.6 Å². The monoisotopic (exact) mass is 295 g/mol. The Balaban J connectivity index is 3.31. The van der Waals surface area contributed by atoms with Gasteiger partial charge in [0.15, 0.2) is 5.69 Å². The lowest BCUT2D eigenvalue weighted by atomic mass is 10.1. The second-order valence-corrected chi connectivity index (χ2v) is 5.74. The molecule has 0 N–H and O–H groups in total. The van der Waals surface area contributed by atoms with Crippen molar-refractivity contribution in [1.29, 1.82) is 0 Å². The average molecular weight is 295 g/mol. The molecule has 20 heavy (non-hydrogen) atoms. The van der Waals surface area contributed by atoms with Crippen LogP contribution in [0.2, 0.25) is 0 Å². The van der Waals surface area contributed by atoms with Gasteiger partial charge in [0.1, 0.15) is 0 Å². The standard InChI is InChI=1S/C14H17NO4S/c1-10(2)9-11-7-5-6-8-12(11)15(3,13(16)17)20-14(18)19-4/h5-8H,1,9H2,2-4H3. The topological polar surface area (TPSA) is 66.4 Å². The van der Waals surface area contributed by atoms with Crippen molar-refractivity contribution in [2.75, 3.05) is 14.2 Å². The quantitative estimate of drug-likeness (QED) is 0.371. The van der Waals surface area contributed by atoms with Crippen LogP contribution < -0.4 is 8.99 Å². The first kappa shape index (κ1) is 16.3. The van der Waals surface area contributed by atoms with Gasteiger partial charge in [0, 0.05) is 11.6 Å². The van der Waals surface area contributed by atoms with Crippen LogP contribution in [0.3, 0.4) is 0 Å². The Bertz CT molecular complexity index is 544. The summed E-state index contributed by atoms with van der Waals surface area (Å²) in [5, 5.41) is 10.8. The fourth-order valence-corrected chi connectivity index (χ4v) is 2.50. The van der Waals surface area contributed by atoms with E-state index in [4.69, 9.17) is 0 Å². The number of ether oxygens (including phenoxy) is 1. The molecule has 0 radical (unpaired) electrons. The van der Waals surface area contributed by atoms with Gasteiger partial charge in [0.25, 0.3) is 6.09 Å². The summed E-state index contributed by atoms with van der Waals surface area (Å²) in [4.78, 5) is 23.0. The Kier molecular flexibility index (Phi) is 5.35. The minimum Gasteiger partial charge on any atom is -0.497 e. The van der Waals surface area contributed by atoms with Crippen LogP contribution in [0, 0.1) is 0 Å². The molecule has 0 heterocycles. The van der Waals surface area contributed by atoms with Crippen molar-refractivity contribution in [2.24, 2.45) is 0 Å². The molecular formula is C14H17NO4S. The third kappa shape index (κ3) is 3.61. The lowest BCUT2D eigenvalue weighted by Gasteiger charge is -2.30. The van der Waals surface area contributed by atoms with Gasteiger partial charge in [-0.25, -0.2) is 4.79 Å². The first-order chi connectivity index (χ1) is 9.31. The van der Waals surface area contributed by atoms with Gasteiger partial charge in [-0.1, -0.05) is 30.4 Å². The van der Waals surface area contributed by atoms with E-state index < -0.39 is 15.3 Å². The molecule has 0 aliphatic rings. The lowest BCUT2D eigenvalue weighted by molar-refractivity contribution is -0.256. The van der Waals surface area contributed by atoms with Crippen LogP contribution in [0.5, 0.6) is 0 Å². The van der Waals surface area contributed by atoms with Gasteiger partial charge in [0.2, 0.25) is 11.9 Å². The Hall–Kier alpha value is -1.79. The number of para-hydroxylation sites is 1. The highest BCUT2D eigenvalue weighted by atomic mass is 32.2. The van der Waals surface area contributed by atoms with Crippen molar-refractivity contribution in [3.8, 4) is 0 Å². The van der Waals surface area contributed by atoms with Gasteiger partial charge < -0.3 is 14.6 Å². The molecule has 1 amide bonds. The molecule has 6 heteroatoms. The van der Waals surface area contributed by atoms with Crippen molar-refractivity contribution < 1.29 is 19.4 Å². The number of hydrogen-bond donors (Lipinski definition) is 0. The summed E-state index contributed by atoms with van der Waals surface area (Å²) in [5.74, 6) is 0. The molecule has 1 aromatic rings. The highest BCUT2D eigenvalue weighted by molar-refractivity contribution is 8.13. The summed E-state index contributed by atoms with van der Waals surface area (Å²) in [6, 6.07) is 6.99. The van der Waals surface area contributed by atoms with Crippen molar-refractivity contribution in [2.45, 2.75) is 13.3 Å². The number of quaternary nitrogens is 1. The molecule has 1 aromatic carbocycles. The van der Waals surface area contributed by atoms with E-state index in [1.807, 2.05) is 13.0 Å². The number of benzene rings is 1. The van der Waals surface area contributed by atoms with E-state index in [2.05, 4.69) is 11.3 Å². The van der Waals surface area contributed by atoms with E-state index in [1.54, 1.807) is 18.2 Å². The summed E-state index contributed by atoms with van der Waals surface area (Å²) in [7, 11) is 2.59. The third-order valence-corrected chi connectivity index (χ3v) is 3.74. The van der Waals surface area contributed by atoms with Crippen molar-refractivity contribution in [3.63, 3.8) is 0 Å². The van der Waals surface area contributed by atoms with Crippen LogP contribution in [-0.2, 0) is 11.2 Å². The molecule has 1 atom stereocenters. The third-order valence-electron chi connectivity index (χ3n) is 2.72. The van der Waals surface area contributed by atoms with Gasteiger partial charge in [-0.2, -0.15) is 3.89 Å². The average Bonchev–Trinajstić information content (AvgIpc) is 2.38. The normalized spacial score (nSPS) is 13.3. The van der Waals surface area contributed by atoms with E-state index in [0.717, 1.165) is 11.1 Å². The Morgan fingerprint density at radius 2 is 2.00 bits per heavy atom. The Labute approximate surface area is 122 Å². The predicted octanol–water partition coefficient (Wildman–Crippen LogP) is 2.50. The molecule has 108 valence electrons. The number of hydrogen-bond acceptors (Lipinski definition) is 5. The Morgan fingerprint density at radius 1 is 1.40 bits per heavy atom. The number of rotatable bonds is 3. The molecule has 0 bridgehead atoms. The molecule has 5 nitrogen and oxygen atoms in total. The number of carbonyl (C=O) groups is 2. The smallest absolute Gasteiger partial charge is 0.425 e. The summed E-state index contributed by atoms with van der Waals surface area (Å²) in [5.41, 5.74) is 2.14. The van der Waals surface area contributed by atoms with E-state index in [9.17, 15) is 14.7 Å². The molecule has 1 unspecified atom stereocenters. The maximum absolute atomic E-state index is 11.5. The minimum atomic E-state index is -1.39. The molecule has 0 spiro atoms. The van der Waals surface area contributed by atoms with Gasteiger partial charge in [-0.15, -0.1) is 0 Å². The van der Waals surface area contributed by atoms with Gasteiger partial charge in [-0.3, -0.25) is 0 Å². The number of methoxy groups -OCH3 is 1. The fraction of sp³-hybridized carbons (Fsp3) is 0.286. The van der Waals surface area contributed by atoms with Crippen LogP contribution in [0.15, 0.2) is 36.4 Å². The first-order valence-electron chi connectivity index (χ1n) is 5.89. The van der Waals surface area contributed by atoms with Crippen LogP contribution >= 0.6 is 11.9 Å². The van der Waals surface area contributed by atoms with E-state index in [0.29, 0.717) is 24.1 Å². The zero-order valence-corrected chi connectivity index (χ0v) is 12.5. The van der Waals surface area contributed by atoms with Crippen LogP contribution in [0.25, 0.3) is 0 Å². The van der Waals surface area contributed by atoms with E-state index in [1.165, 1.54) is 14.2 Å². The Morgan fingerprint density at radius 3 is 2.50 bits per heavy atom. The number of nitrogens with zero attached hydrogens (tertiary/aromatic N) is 1. The van der Waals surface area contributed by atoms with Crippen LogP contribution in [0.4, 0.5) is 15.3 Å². The number of amides is 1. The second-order valence-electron chi connectivity index (χ2n) is 4.50. The highest BCUT2D eigenvalue weighted by Gasteiger charge is 2.36. The van der Waals surface area contributed by atoms with E-state index >= 15 is 0 Å². The molecule has 1 rings (SSSR count). The van der Waals surface area contributed by atoms with Gasteiger partial charge in [0.05, 0.1) is 14.2 Å². The number of allylic oxidation sites excluding steroid dienone is 1. The molecule has 0 aromatic heterocycles. The maximum Gasteiger partial charge on any atom is 0.425 e. The van der Waals surface area contributed by atoms with Crippen LogP contribution in [0.1, 0.15) is 12.5 Å². The SMILES string of the molecule is C=C(C)Cc1ccccc1[N+](C)(SC(=O)OC)C(=O)[O-].